The maximum absolute atomic E-state index is 12.3. The molecule has 0 radical (unpaired) electrons. The number of carbonyl (C=O) groups excluding carboxylic acids is 2. The molecular weight excluding hydrogens is 490 g/mol. The molecule has 5 nitrogen and oxygen atoms in total. The molecule has 2 aromatic rings. The monoisotopic (exact) mass is 507 g/mol. The van der Waals surface area contributed by atoms with Crippen LogP contribution in [-0.2, 0) is 20.0 Å². The quantitative estimate of drug-likeness (QED) is 0.312. The van der Waals surface area contributed by atoms with Crippen molar-refractivity contribution >= 4 is 49.3 Å². The van der Waals surface area contributed by atoms with Crippen molar-refractivity contribution in [2.45, 2.75) is 32.3 Å². The molecule has 0 fully saturated rings. The van der Waals surface area contributed by atoms with E-state index < -0.39 is 11.6 Å². The van der Waals surface area contributed by atoms with Crippen LogP contribution < -0.4 is 0 Å². The normalized spacial score (nSPS) is 18.4. The van der Waals surface area contributed by atoms with Crippen molar-refractivity contribution in [3.8, 4) is 0 Å². The minimum absolute atomic E-state index is 0.260. The molecule has 0 N–H and O–H groups in total. The number of Topliss-reactive ketones (excluding diaryl/α,β-unsaturated/α-hetero) is 1. The minimum atomic E-state index is -0.574. The number of ether oxygens (including phenoxy) is 1. The summed E-state index contributed by atoms with van der Waals surface area (Å²) >= 11 is 7.02. The summed E-state index contributed by atoms with van der Waals surface area (Å²) in [5, 5.41) is 4.30. The van der Waals surface area contributed by atoms with Gasteiger partial charge in [0.25, 0.3) is 0 Å². The fourth-order valence-corrected chi connectivity index (χ4v) is 4.46. The summed E-state index contributed by atoms with van der Waals surface area (Å²) in [6, 6.07) is 11.5. The van der Waals surface area contributed by atoms with E-state index in [1.54, 1.807) is 6.07 Å². The molecule has 2 aromatic carbocycles. The van der Waals surface area contributed by atoms with E-state index in [0.29, 0.717) is 12.0 Å². The highest BCUT2D eigenvalue weighted by Gasteiger charge is 2.37. The molecule has 1 aliphatic heterocycles. The van der Waals surface area contributed by atoms with Crippen molar-refractivity contribution in [3.05, 3.63) is 67.6 Å². The highest BCUT2D eigenvalue weighted by Crippen LogP contribution is 2.38. The van der Waals surface area contributed by atoms with Crippen molar-refractivity contribution in [1.82, 2.24) is 0 Å². The summed E-state index contributed by atoms with van der Waals surface area (Å²) in [5.74, 6) is -0.803. The van der Waals surface area contributed by atoms with Crippen LogP contribution >= 0.6 is 31.9 Å². The Morgan fingerprint density at radius 3 is 2.46 bits per heavy atom. The molecule has 0 spiro atoms. The predicted molar refractivity (Wildman–Crippen MR) is 114 cm³/mol. The number of oxime groups is 1. The Labute approximate surface area is 180 Å². The summed E-state index contributed by atoms with van der Waals surface area (Å²) in [4.78, 5) is 29.4. The van der Waals surface area contributed by atoms with Gasteiger partial charge in [0.1, 0.15) is 6.42 Å². The summed E-state index contributed by atoms with van der Waals surface area (Å²) in [6.45, 7) is 3.84. The van der Waals surface area contributed by atoms with Crippen LogP contribution in [0.3, 0.4) is 0 Å². The molecule has 0 aromatic heterocycles. The van der Waals surface area contributed by atoms with Gasteiger partial charge in [0.15, 0.2) is 11.4 Å². The second kappa shape index (κ2) is 8.17. The number of halogens is 2. The van der Waals surface area contributed by atoms with E-state index in [9.17, 15) is 9.59 Å². The van der Waals surface area contributed by atoms with Crippen LogP contribution in [0.15, 0.2) is 50.5 Å². The van der Waals surface area contributed by atoms with Gasteiger partial charge in [-0.2, -0.15) is 0 Å². The zero-order valence-corrected chi connectivity index (χ0v) is 18.9. The van der Waals surface area contributed by atoms with Crippen LogP contribution in [0.2, 0.25) is 0 Å². The van der Waals surface area contributed by atoms with E-state index in [0.717, 1.165) is 31.3 Å². The second-order valence-electron chi connectivity index (χ2n) is 6.90. The predicted octanol–water partition coefficient (Wildman–Crippen LogP) is 5.31. The third-order valence-corrected chi connectivity index (χ3v) is 5.64. The fraction of sp³-hybridized carbons (Fsp3) is 0.286. The van der Waals surface area contributed by atoms with Gasteiger partial charge in [-0.25, -0.2) is 0 Å². The number of aryl methyl sites for hydroxylation is 1. The first-order chi connectivity index (χ1) is 13.2. The zero-order valence-electron chi connectivity index (χ0n) is 15.7. The molecule has 28 heavy (non-hydrogen) atoms. The van der Waals surface area contributed by atoms with Gasteiger partial charge in [0.05, 0.1) is 12.8 Å². The van der Waals surface area contributed by atoms with E-state index in [-0.39, 0.29) is 12.2 Å². The Balaban J connectivity index is 1.81. The molecule has 0 amide bonds. The Bertz CT molecular complexity index is 966. The van der Waals surface area contributed by atoms with Crippen LogP contribution in [0.5, 0.6) is 0 Å². The standard InChI is InChI=1S/C21H19Br2NO4/c1-12-6-13(4-5-17(12)19(25)10-20(26)27-3)18-11-21(2,28-24-18)14-7-15(22)9-16(23)8-14/h4-9H,10-11H2,1-3H3. The van der Waals surface area contributed by atoms with Gasteiger partial charge >= 0.3 is 5.97 Å². The molecule has 1 aliphatic rings. The Hall–Kier alpha value is -1.99. The van der Waals surface area contributed by atoms with Gasteiger partial charge in [-0.1, -0.05) is 49.1 Å². The van der Waals surface area contributed by atoms with E-state index in [1.165, 1.54) is 7.11 Å². The van der Waals surface area contributed by atoms with E-state index in [2.05, 4.69) is 41.8 Å². The number of hydrogen-bond donors (Lipinski definition) is 0. The van der Waals surface area contributed by atoms with Gasteiger partial charge in [-0.3, -0.25) is 9.59 Å². The van der Waals surface area contributed by atoms with Crippen LogP contribution in [-0.4, -0.2) is 24.6 Å². The van der Waals surface area contributed by atoms with E-state index >= 15 is 0 Å². The summed E-state index contributed by atoms with van der Waals surface area (Å²) < 4.78 is 6.48. The van der Waals surface area contributed by atoms with Crippen LogP contribution in [0.25, 0.3) is 0 Å². The summed E-state index contributed by atoms with van der Waals surface area (Å²) in [5.41, 5.74) is 3.43. The third-order valence-electron chi connectivity index (χ3n) is 4.73. The molecule has 7 heteroatoms. The van der Waals surface area contributed by atoms with E-state index in [1.807, 2.05) is 44.2 Å². The minimum Gasteiger partial charge on any atom is -0.469 e. The lowest BCUT2D eigenvalue weighted by Crippen LogP contribution is -2.22. The maximum atomic E-state index is 12.3. The van der Waals surface area contributed by atoms with Crippen LogP contribution in [0.1, 0.15) is 46.8 Å². The third kappa shape index (κ3) is 4.36. The SMILES string of the molecule is COC(=O)CC(=O)c1ccc(C2=NOC(C)(c3cc(Br)cc(Br)c3)C2)cc1C. The van der Waals surface area contributed by atoms with Crippen molar-refractivity contribution in [1.29, 1.82) is 0 Å². The van der Waals surface area contributed by atoms with Gasteiger partial charge in [-0.15, -0.1) is 0 Å². The molecule has 0 aliphatic carbocycles. The molecule has 1 heterocycles. The van der Waals surface area contributed by atoms with Gasteiger partial charge < -0.3 is 9.57 Å². The maximum Gasteiger partial charge on any atom is 0.313 e. The molecular formula is C21H19Br2NO4. The number of nitrogens with zero attached hydrogens (tertiary/aromatic N) is 1. The lowest BCUT2D eigenvalue weighted by molar-refractivity contribution is -0.139. The number of methoxy groups -OCH3 is 1. The summed E-state index contributed by atoms with van der Waals surface area (Å²) in [7, 11) is 1.27. The Kier molecular flexibility index (Phi) is 6.05. The highest BCUT2D eigenvalue weighted by molar-refractivity contribution is 9.11. The molecule has 146 valence electrons. The number of rotatable bonds is 5. The van der Waals surface area contributed by atoms with E-state index in [4.69, 9.17) is 4.84 Å². The Morgan fingerprint density at radius 2 is 1.86 bits per heavy atom. The largest absolute Gasteiger partial charge is 0.469 e. The molecule has 0 saturated heterocycles. The first-order valence-corrected chi connectivity index (χ1v) is 10.2. The molecule has 0 saturated carbocycles. The first-order valence-electron chi connectivity index (χ1n) is 8.64. The zero-order chi connectivity index (χ0) is 20.5. The van der Waals surface area contributed by atoms with Crippen molar-refractivity contribution in [2.24, 2.45) is 5.16 Å². The highest BCUT2D eigenvalue weighted by atomic mass is 79.9. The molecule has 0 bridgehead atoms. The number of esters is 1. The molecule has 3 rings (SSSR count). The number of hydrogen-bond acceptors (Lipinski definition) is 5. The molecule has 1 unspecified atom stereocenters. The smallest absolute Gasteiger partial charge is 0.313 e. The van der Waals surface area contributed by atoms with Crippen molar-refractivity contribution in [3.63, 3.8) is 0 Å². The second-order valence-corrected chi connectivity index (χ2v) is 8.73. The lowest BCUT2D eigenvalue weighted by atomic mass is 9.88. The number of ketones is 1. The van der Waals surface area contributed by atoms with Gasteiger partial charge in [-0.05, 0) is 49.2 Å². The van der Waals surface area contributed by atoms with Gasteiger partial charge in [0, 0.05) is 26.5 Å². The van der Waals surface area contributed by atoms with Crippen molar-refractivity contribution < 1.29 is 19.2 Å². The Morgan fingerprint density at radius 1 is 1.18 bits per heavy atom. The number of benzene rings is 2. The first kappa shape index (κ1) is 20.7. The topological polar surface area (TPSA) is 65.0 Å². The average molecular weight is 509 g/mol. The lowest BCUT2D eigenvalue weighted by Gasteiger charge is -2.22. The van der Waals surface area contributed by atoms with Crippen LogP contribution in [0, 0.1) is 6.92 Å². The van der Waals surface area contributed by atoms with Gasteiger partial charge in [0.2, 0.25) is 0 Å². The van der Waals surface area contributed by atoms with Crippen molar-refractivity contribution in [2.75, 3.05) is 7.11 Å². The summed E-state index contributed by atoms with van der Waals surface area (Å²) in [6.07, 6.45) is 0.335. The molecule has 1 atom stereocenters. The number of carbonyl (C=O) groups is 2. The fourth-order valence-electron chi connectivity index (χ4n) is 3.16. The van der Waals surface area contributed by atoms with Crippen LogP contribution in [0.4, 0.5) is 0 Å². The average Bonchev–Trinajstić information content (AvgIpc) is 3.04.